The van der Waals surface area contributed by atoms with Gasteiger partial charge in [0.1, 0.15) is 5.54 Å². The Bertz CT molecular complexity index is 254. The second-order valence-corrected chi connectivity index (χ2v) is 3.68. The van der Waals surface area contributed by atoms with Gasteiger partial charge >= 0.3 is 6.03 Å². The Labute approximate surface area is 83.8 Å². The zero-order valence-corrected chi connectivity index (χ0v) is 8.89. The molecular formula is C9H17N3O2. The highest BCUT2D eigenvalue weighted by atomic mass is 16.2. The minimum atomic E-state index is -0.704. The van der Waals surface area contributed by atoms with Gasteiger partial charge in [-0.3, -0.25) is 9.69 Å². The molecule has 1 aliphatic rings. The summed E-state index contributed by atoms with van der Waals surface area (Å²) in [6, 6.07) is -0.283. The van der Waals surface area contributed by atoms with Gasteiger partial charge in [0.25, 0.3) is 5.91 Å². The lowest BCUT2D eigenvalue weighted by molar-refractivity contribution is -0.130. The summed E-state index contributed by atoms with van der Waals surface area (Å²) in [5.41, 5.74) is -0.704. The van der Waals surface area contributed by atoms with Crippen molar-refractivity contribution in [3.8, 4) is 0 Å². The lowest BCUT2D eigenvalue weighted by Crippen LogP contribution is -2.43. The fourth-order valence-corrected chi connectivity index (χ4v) is 1.41. The molecular weight excluding hydrogens is 182 g/mol. The summed E-state index contributed by atoms with van der Waals surface area (Å²) >= 11 is 0. The van der Waals surface area contributed by atoms with Crippen LogP contribution in [0.15, 0.2) is 0 Å². The molecule has 80 valence electrons. The summed E-state index contributed by atoms with van der Waals surface area (Å²) in [6.45, 7) is 4.70. The van der Waals surface area contributed by atoms with E-state index < -0.39 is 5.54 Å². The molecule has 0 aromatic rings. The maximum Gasteiger partial charge on any atom is 0.325 e. The first kappa shape index (κ1) is 11.0. The molecule has 0 saturated carbocycles. The first-order valence-corrected chi connectivity index (χ1v) is 4.84. The second kappa shape index (κ2) is 3.96. The molecule has 0 radical (unpaired) electrons. The van der Waals surface area contributed by atoms with Gasteiger partial charge in [0.15, 0.2) is 0 Å². The van der Waals surface area contributed by atoms with Crippen molar-refractivity contribution < 1.29 is 9.59 Å². The number of urea groups is 1. The molecule has 5 nitrogen and oxygen atoms in total. The number of nitrogens with one attached hydrogen (secondary N) is 2. The van der Waals surface area contributed by atoms with E-state index in [1.54, 1.807) is 14.0 Å². The van der Waals surface area contributed by atoms with Gasteiger partial charge < -0.3 is 10.6 Å². The SMILES string of the molecule is CCC1(C)NC(=O)N(CCNC)C1=O. The number of rotatable bonds is 4. The van der Waals surface area contributed by atoms with Gasteiger partial charge in [-0.05, 0) is 20.4 Å². The van der Waals surface area contributed by atoms with E-state index in [-0.39, 0.29) is 11.9 Å². The van der Waals surface area contributed by atoms with Crippen LogP contribution in [-0.2, 0) is 4.79 Å². The molecule has 5 heteroatoms. The van der Waals surface area contributed by atoms with Crippen molar-refractivity contribution in [3.63, 3.8) is 0 Å². The molecule has 3 amide bonds. The van der Waals surface area contributed by atoms with Crippen LogP contribution in [0.1, 0.15) is 20.3 Å². The number of hydrogen-bond acceptors (Lipinski definition) is 3. The number of nitrogens with zero attached hydrogens (tertiary/aromatic N) is 1. The van der Waals surface area contributed by atoms with E-state index in [0.717, 1.165) is 0 Å². The Morgan fingerprint density at radius 1 is 1.50 bits per heavy atom. The summed E-state index contributed by atoms with van der Waals surface area (Å²) in [7, 11) is 1.79. The Kier molecular flexibility index (Phi) is 3.10. The molecule has 1 atom stereocenters. The summed E-state index contributed by atoms with van der Waals surface area (Å²) < 4.78 is 0. The minimum Gasteiger partial charge on any atom is -0.323 e. The van der Waals surface area contributed by atoms with Crippen LogP contribution in [0, 0.1) is 0 Å². The number of imide groups is 1. The van der Waals surface area contributed by atoms with E-state index in [2.05, 4.69) is 10.6 Å². The number of carbonyl (C=O) groups excluding carboxylic acids is 2. The van der Waals surface area contributed by atoms with Crippen molar-refractivity contribution in [3.05, 3.63) is 0 Å². The topological polar surface area (TPSA) is 61.4 Å². The molecule has 1 heterocycles. The van der Waals surface area contributed by atoms with Crippen LogP contribution in [0.25, 0.3) is 0 Å². The van der Waals surface area contributed by atoms with Crippen molar-refractivity contribution in [2.45, 2.75) is 25.8 Å². The largest absolute Gasteiger partial charge is 0.325 e. The molecule has 0 aromatic heterocycles. The van der Waals surface area contributed by atoms with Gasteiger partial charge in [-0.25, -0.2) is 4.79 Å². The maximum absolute atomic E-state index is 11.8. The van der Waals surface area contributed by atoms with Gasteiger partial charge in [-0.15, -0.1) is 0 Å². The van der Waals surface area contributed by atoms with E-state index in [4.69, 9.17) is 0 Å². The summed E-state index contributed by atoms with van der Waals surface area (Å²) in [4.78, 5) is 24.5. The summed E-state index contributed by atoms with van der Waals surface area (Å²) in [5.74, 6) is -0.125. The quantitative estimate of drug-likeness (QED) is 0.623. The molecule has 0 bridgehead atoms. The molecule has 1 unspecified atom stereocenters. The lowest BCUT2D eigenvalue weighted by Gasteiger charge is -2.19. The maximum atomic E-state index is 11.8. The van der Waals surface area contributed by atoms with Gasteiger partial charge in [-0.1, -0.05) is 6.92 Å². The summed E-state index contributed by atoms with van der Waals surface area (Å²) in [5, 5.41) is 5.61. The number of amides is 3. The minimum absolute atomic E-state index is 0.125. The van der Waals surface area contributed by atoms with Gasteiger partial charge in [0.2, 0.25) is 0 Å². The zero-order valence-electron chi connectivity index (χ0n) is 8.89. The molecule has 1 aliphatic heterocycles. The molecule has 0 aromatic carbocycles. The fraction of sp³-hybridized carbons (Fsp3) is 0.778. The van der Waals surface area contributed by atoms with E-state index in [1.165, 1.54) is 4.90 Å². The zero-order chi connectivity index (χ0) is 10.8. The Morgan fingerprint density at radius 2 is 2.14 bits per heavy atom. The molecule has 1 rings (SSSR count). The van der Waals surface area contributed by atoms with Gasteiger partial charge in [0.05, 0.1) is 0 Å². The van der Waals surface area contributed by atoms with Crippen molar-refractivity contribution in [2.24, 2.45) is 0 Å². The first-order valence-electron chi connectivity index (χ1n) is 4.84. The Hall–Kier alpha value is -1.10. The molecule has 0 spiro atoms. The standard InChI is InChI=1S/C9H17N3O2/c1-4-9(2)7(13)12(6-5-10-3)8(14)11-9/h10H,4-6H2,1-3H3,(H,11,14). The number of carbonyl (C=O) groups is 2. The average Bonchev–Trinajstić information content (AvgIpc) is 2.37. The van der Waals surface area contributed by atoms with Crippen LogP contribution >= 0.6 is 0 Å². The van der Waals surface area contributed by atoms with E-state index >= 15 is 0 Å². The highest BCUT2D eigenvalue weighted by molar-refractivity contribution is 6.06. The molecule has 14 heavy (non-hydrogen) atoms. The van der Waals surface area contributed by atoms with E-state index in [0.29, 0.717) is 19.5 Å². The van der Waals surface area contributed by atoms with Crippen LogP contribution in [-0.4, -0.2) is 42.5 Å². The fourth-order valence-electron chi connectivity index (χ4n) is 1.41. The van der Waals surface area contributed by atoms with Crippen molar-refractivity contribution in [2.75, 3.05) is 20.1 Å². The Balaban J connectivity index is 2.70. The molecule has 2 N–H and O–H groups in total. The van der Waals surface area contributed by atoms with Gasteiger partial charge in [0, 0.05) is 13.1 Å². The molecule has 0 aliphatic carbocycles. The predicted octanol–water partition coefficient (Wildman–Crippen LogP) is -0.0737. The van der Waals surface area contributed by atoms with Crippen molar-refractivity contribution in [1.29, 1.82) is 0 Å². The van der Waals surface area contributed by atoms with Crippen molar-refractivity contribution in [1.82, 2.24) is 15.5 Å². The summed E-state index contributed by atoms with van der Waals surface area (Å²) in [6.07, 6.45) is 0.619. The third-order valence-electron chi connectivity index (χ3n) is 2.64. The molecule has 1 saturated heterocycles. The smallest absolute Gasteiger partial charge is 0.323 e. The monoisotopic (exact) mass is 199 g/mol. The van der Waals surface area contributed by atoms with Crippen LogP contribution < -0.4 is 10.6 Å². The third kappa shape index (κ3) is 1.72. The number of hydrogen-bond donors (Lipinski definition) is 2. The van der Waals surface area contributed by atoms with Crippen LogP contribution in [0.2, 0.25) is 0 Å². The Morgan fingerprint density at radius 3 is 2.57 bits per heavy atom. The van der Waals surface area contributed by atoms with Gasteiger partial charge in [-0.2, -0.15) is 0 Å². The van der Waals surface area contributed by atoms with E-state index in [9.17, 15) is 9.59 Å². The predicted molar refractivity (Wildman–Crippen MR) is 52.9 cm³/mol. The second-order valence-electron chi connectivity index (χ2n) is 3.68. The third-order valence-corrected chi connectivity index (χ3v) is 2.64. The first-order chi connectivity index (χ1) is 6.55. The molecule has 1 fully saturated rings. The number of likely N-dealkylation sites (N-methyl/N-ethyl adjacent to an activating group) is 1. The van der Waals surface area contributed by atoms with E-state index in [1.807, 2.05) is 6.92 Å². The average molecular weight is 199 g/mol. The van der Waals surface area contributed by atoms with Crippen molar-refractivity contribution >= 4 is 11.9 Å². The van der Waals surface area contributed by atoms with Crippen LogP contribution in [0.3, 0.4) is 0 Å². The normalized spacial score (nSPS) is 26.9. The lowest BCUT2D eigenvalue weighted by atomic mass is 9.99. The van der Waals surface area contributed by atoms with Crippen LogP contribution in [0.4, 0.5) is 4.79 Å². The highest BCUT2D eigenvalue weighted by Crippen LogP contribution is 2.19. The van der Waals surface area contributed by atoms with Crippen LogP contribution in [0.5, 0.6) is 0 Å². The highest BCUT2D eigenvalue weighted by Gasteiger charge is 2.45.